The van der Waals surface area contributed by atoms with Gasteiger partial charge in [0.15, 0.2) is 10.8 Å². The Bertz CT molecular complexity index is 5460. The second-order valence-electron chi connectivity index (χ2n) is 37.3. The van der Waals surface area contributed by atoms with Gasteiger partial charge >= 0.3 is 18.1 Å². The van der Waals surface area contributed by atoms with Gasteiger partial charge in [0.1, 0.15) is 42.9 Å². The second-order valence-corrected chi connectivity index (χ2v) is 39.9. The fraction of sp³-hybridized carbons (Fsp3) is 0.560. The predicted molar refractivity (Wildman–Crippen MR) is 525 cm³/mol. The van der Waals surface area contributed by atoms with Crippen LogP contribution < -0.4 is 42.0 Å². The summed E-state index contributed by atoms with van der Waals surface area (Å²) in [6.07, 6.45) is 6.61. The Labute approximate surface area is 831 Å². The first-order chi connectivity index (χ1) is 68.3. The molecule has 9 amide bonds. The van der Waals surface area contributed by atoms with Crippen LogP contribution in [0.5, 0.6) is 5.75 Å². The molecule has 0 spiro atoms. The van der Waals surface area contributed by atoms with Crippen molar-refractivity contribution < 1.29 is 128 Å². The summed E-state index contributed by atoms with van der Waals surface area (Å²) >= 11 is 1.39. The third kappa shape index (κ3) is 32.7. The predicted octanol–water partition coefficient (Wildman–Crippen LogP) is 9.09. The van der Waals surface area contributed by atoms with Crippen LogP contribution in [0, 0.1) is 36.0 Å². The van der Waals surface area contributed by atoms with E-state index in [2.05, 4.69) is 45.4 Å². The number of primary amides is 1. The Morgan fingerprint density at radius 1 is 0.620 bits per heavy atom. The van der Waals surface area contributed by atoms with Gasteiger partial charge in [-0.2, -0.15) is 13.5 Å². The lowest BCUT2D eigenvalue weighted by Crippen LogP contribution is -2.64. The minimum atomic E-state index is -4.56. The zero-order valence-corrected chi connectivity index (χ0v) is 83.5. The van der Waals surface area contributed by atoms with E-state index in [9.17, 15) is 61.2 Å². The number of nitrogens with two attached hydrogens (primary N) is 1. The second kappa shape index (κ2) is 53.5. The summed E-state index contributed by atoms with van der Waals surface area (Å²) in [6, 6.07) is 25.0. The molecule has 4 bridgehead atoms. The number of methoxy groups -OCH3 is 1. The topological polar surface area (TPSA) is 497 Å². The quantitative estimate of drug-likeness (QED) is 0.01000. The van der Waals surface area contributed by atoms with Crippen LogP contribution in [-0.2, 0) is 128 Å². The number of ether oxygens (including phenoxy) is 14. The van der Waals surface area contributed by atoms with Crippen LogP contribution in [0.3, 0.4) is 0 Å². The highest BCUT2D eigenvalue weighted by atomic mass is 32.2. The fourth-order valence-electron chi connectivity index (χ4n) is 20.1. The molecule has 4 saturated carbocycles. The summed E-state index contributed by atoms with van der Waals surface area (Å²) in [7, 11) is -2.93. The number of thiazole rings is 1. The van der Waals surface area contributed by atoms with Crippen LogP contribution in [0.25, 0.3) is 21.3 Å². The molecule has 2 unspecified atom stereocenters. The number of imide groups is 1. The van der Waals surface area contributed by atoms with E-state index in [4.69, 9.17) is 82.1 Å². The van der Waals surface area contributed by atoms with Crippen LogP contribution >= 0.6 is 11.3 Å². The number of carbonyl (C=O) groups excluding carboxylic acids is 8. The lowest BCUT2D eigenvalue weighted by Gasteiger charge is -2.69. The Morgan fingerprint density at radius 3 is 1.76 bits per heavy atom. The zero-order chi connectivity index (χ0) is 101. The van der Waals surface area contributed by atoms with E-state index in [0.29, 0.717) is 215 Å². The molecule has 4 aliphatic carbocycles. The number of carboxylic acid groups (broad SMARTS) is 1. The summed E-state index contributed by atoms with van der Waals surface area (Å²) in [5.74, 6) is -5.74. The number of amides is 9. The van der Waals surface area contributed by atoms with Gasteiger partial charge in [0.25, 0.3) is 27.8 Å². The van der Waals surface area contributed by atoms with Crippen LogP contribution in [0.4, 0.5) is 26.2 Å². The number of urea groups is 1. The number of para-hydroxylation sites is 1. The molecule has 13 rings (SSSR count). The van der Waals surface area contributed by atoms with Crippen molar-refractivity contribution >= 4 is 102 Å². The zero-order valence-electron chi connectivity index (χ0n) is 81.9. The standard InChI is InChI=1S/C100H135N13O27S2/c1-68(2)87(107-91(118)81(113-84(114)27-28-85(113)115)58-71-19-23-75(24-20-71)138-56-55-137-54-53-136-52-51-135-50-49-134-48-47-133-46-45-132-44-43-131-42-41-130-40-39-129-38-37-128-36-35-127-7)92(119)104-80(15-11-30-102-94(101)122)90(117)103-74-21-17-72(18-22-74)60-139-96(123)110(33-57-142(124,125)126)32-34-140-100-64-97(5)61-98(6,65-100)63-99(62-97,66-100)67-112-70(4)86(69(3)109-112)77-25-26-83(106-88(77)93(120)121)111-31-29-73-12-10-13-76(78(73)59-111)89(116)108-95-105-79-14-8-9-16-82(79)141-95/h8-10,12-14,16-28,68,80-81,87H,11,15,29-67H2,1-7H3,(H,103,117)(H,104,119)(H,107,118)(H,120,121)(H3,101,102,122)(H,105,108,116)(H,124,125,126)/t80-,81-,87-,97?,98?,99?,100?/m0/s1. The number of rotatable bonds is 64. The maximum atomic E-state index is 14.5. The maximum absolute atomic E-state index is 14.5. The number of fused-ring (bicyclic) bond motifs is 2. The largest absolute Gasteiger partial charge is 0.491 e. The molecule has 40 nitrogen and oxygen atoms in total. The molecule has 5 atom stereocenters. The van der Waals surface area contributed by atoms with Crippen LogP contribution in [-0.4, -0.2) is 316 Å². The number of carbonyl (C=O) groups is 9. The monoisotopic (exact) mass is 2010 g/mol. The van der Waals surface area contributed by atoms with Gasteiger partial charge in [-0.05, 0) is 171 Å². The van der Waals surface area contributed by atoms with Crippen molar-refractivity contribution in [2.75, 3.05) is 207 Å². The van der Waals surface area contributed by atoms with E-state index in [1.165, 1.54) is 28.4 Å². The van der Waals surface area contributed by atoms with Gasteiger partial charge in [-0.3, -0.25) is 48.2 Å². The molecule has 142 heavy (non-hydrogen) atoms. The lowest BCUT2D eigenvalue weighted by atomic mass is 9.39. The van der Waals surface area contributed by atoms with Crippen molar-refractivity contribution in [3.63, 3.8) is 0 Å². The number of nitrogens with zero attached hydrogens (tertiary/aromatic N) is 7. The molecule has 4 fully saturated rings. The van der Waals surface area contributed by atoms with Crippen LogP contribution in [0.15, 0.2) is 115 Å². The number of benzene rings is 4. The Kier molecular flexibility index (Phi) is 41.3. The van der Waals surface area contributed by atoms with Crippen LogP contribution in [0.1, 0.15) is 134 Å². The van der Waals surface area contributed by atoms with E-state index in [1.54, 1.807) is 69.5 Å². The number of hydrogen-bond acceptors (Lipinski definition) is 30. The molecule has 2 aliphatic heterocycles. The summed E-state index contributed by atoms with van der Waals surface area (Å²) in [6.45, 7) is 21.6. The minimum absolute atomic E-state index is 0.00303. The lowest BCUT2D eigenvalue weighted by molar-refractivity contribution is -0.248. The summed E-state index contributed by atoms with van der Waals surface area (Å²) in [4.78, 5) is 136. The minimum Gasteiger partial charge on any atom is -0.491 e. The van der Waals surface area contributed by atoms with Crippen molar-refractivity contribution in [3.05, 3.63) is 160 Å². The summed E-state index contributed by atoms with van der Waals surface area (Å²) < 4.78 is 116. The Hall–Kier alpha value is -11.1. The van der Waals surface area contributed by atoms with Crippen molar-refractivity contribution in [3.8, 4) is 16.9 Å². The maximum Gasteiger partial charge on any atom is 0.410 e. The highest BCUT2D eigenvalue weighted by Gasteiger charge is 2.66. The SMILES string of the molecule is COCCOCCOCCOCCOCCOCCOCCOCCOCCOCCOCCOc1ccc(C[C@@H](C(=O)N[C@H](C(=O)N[C@@H](CCCNC(N)=O)C(=O)Nc2ccc(COC(=O)N(CCOC34CC5(C)CC(C)(CC(Cn6nc(C)c(-c7ccc(N8CCc9cccc(C(=O)Nc%10nc%11ccccc%11s%10)c9C8)nc7C(=O)O)c6C)(C5)C3)C4)CCS(=O)(=O)O)cc2)C(C)C)N2C(=O)C=CC2=O)cc1. The average molecular weight is 2020 g/mol. The van der Waals surface area contributed by atoms with E-state index in [1.807, 2.05) is 65.9 Å². The fourth-order valence-corrected chi connectivity index (χ4v) is 21.4. The molecule has 9 N–H and O–H groups in total. The molecule has 3 aromatic heterocycles. The average Bonchev–Trinajstić information content (AvgIpc) is 0.913. The molecule has 0 saturated heterocycles. The van der Waals surface area contributed by atoms with Gasteiger partial charge in [0.2, 0.25) is 17.7 Å². The highest BCUT2D eigenvalue weighted by Crippen LogP contribution is 2.72. The number of aromatic carboxylic acids is 1. The number of carboxylic acids is 1. The van der Waals surface area contributed by atoms with Gasteiger partial charge in [0.05, 0.1) is 173 Å². The first-order valence-electron chi connectivity index (χ1n) is 48.2. The molecule has 0 radical (unpaired) electrons. The number of pyridine rings is 1. The summed E-state index contributed by atoms with van der Waals surface area (Å²) in [5, 5.41) is 30.3. The van der Waals surface area contributed by atoms with Crippen LogP contribution in [0.2, 0.25) is 0 Å². The Morgan fingerprint density at radius 2 is 1.20 bits per heavy atom. The van der Waals surface area contributed by atoms with Crippen molar-refractivity contribution in [2.24, 2.45) is 27.9 Å². The van der Waals surface area contributed by atoms with E-state index >= 15 is 0 Å². The number of aryl methyl sites for hydroxylation is 1. The van der Waals surface area contributed by atoms with Crippen molar-refractivity contribution in [1.29, 1.82) is 0 Å². The first kappa shape index (κ1) is 110. The molecule has 4 aromatic carbocycles. The van der Waals surface area contributed by atoms with E-state index < -0.39 is 99.7 Å². The summed E-state index contributed by atoms with van der Waals surface area (Å²) in [5.41, 5.74) is 10.8. The molecule has 5 heterocycles. The molecular weight excluding hydrogens is 1880 g/mol. The number of aromatic nitrogens is 4. The first-order valence-corrected chi connectivity index (χ1v) is 50.6. The van der Waals surface area contributed by atoms with E-state index in [-0.39, 0.29) is 92.3 Å². The van der Waals surface area contributed by atoms with Crippen molar-refractivity contribution in [1.82, 2.24) is 45.5 Å². The third-order valence-electron chi connectivity index (χ3n) is 25.4. The van der Waals surface area contributed by atoms with Gasteiger partial charge in [-0.1, -0.05) is 87.6 Å². The van der Waals surface area contributed by atoms with Crippen molar-refractivity contribution in [2.45, 2.75) is 149 Å². The number of hydrogen-bond donors (Lipinski definition) is 8. The number of nitrogens with one attached hydrogen (secondary N) is 5. The highest BCUT2D eigenvalue weighted by molar-refractivity contribution is 7.85. The molecule has 774 valence electrons. The smallest absolute Gasteiger partial charge is 0.410 e. The van der Waals surface area contributed by atoms with E-state index in [0.717, 1.165) is 76.2 Å². The molecule has 7 aromatic rings. The van der Waals surface area contributed by atoms with Gasteiger partial charge in [0, 0.05) is 93.0 Å². The van der Waals surface area contributed by atoms with Gasteiger partial charge in [-0.25, -0.2) is 24.4 Å². The number of anilines is 3. The molecule has 6 aliphatic rings. The van der Waals surface area contributed by atoms with Gasteiger partial charge in [-0.15, -0.1) is 0 Å². The Balaban J connectivity index is 0.569. The molecule has 42 heteroatoms. The van der Waals surface area contributed by atoms with Gasteiger partial charge < -0.3 is 108 Å². The normalized spacial score (nSPS) is 18.7. The molecular formula is C100H135N13O27S2. The third-order valence-corrected chi connectivity index (χ3v) is 27.0.